The van der Waals surface area contributed by atoms with E-state index in [2.05, 4.69) is 32.3 Å². The zero-order valence-corrected chi connectivity index (χ0v) is 22.1. The maximum absolute atomic E-state index is 13.2. The summed E-state index contributed by atoms with van der Waals surface area (Å²) in [5.41, 5.74) is 4.75. The minimum Gasteiger partial charge on any atom is -0.475 e. The van der Waals surface area contributed by atoms with Gasteiger partial charge in [-0.3, -0.25) is 9.78 Å². The Kier molecular flexibility index (Phi) is 8.88. The fraction of sp³-hybridized carbons (Fsp3) is 0.167. The number of carboxylic acid groups (broad SMARTS) is 1. The third kappa shape index (κ3) is 7.20. The molecule has 0 saturated carbocycles. The normalized spacial score (nSPS) is 12.0. The molecule has 1 amide bonds. The summed E-state index contributed by atoms with van der Waals surface area (Å²) in [5, 5.41) is 11.3. The summed E-state index contributed by atoms with van der Waals surface area (Å²) in [6.07, 6.45) is -1.61. The highest BCUT2D eigenvalue weighted by Crippen LogP contribution is 2.36. The largest absolute Gasteiger partial charge is 0.490 e. The average Bonchev–Trinajstić information content (AvgIpc) is 3.59. The molecule has 0 bridgehead atoms. The number of furan rings is 1. The summed E-state index contributed by atoms with van der Waals surface area (Å²) in [4.78, 5) is 31.7. The second-order valence-corrected chi connectivity index (χ2v) is 9.26. The van der Waals surface area contributed by atoms with Crippen LogP contribution in [0.2, 0.25) is 0 Å². The van der Waals surface area contributed by atoms with Gasteiger partial charge in [-0.05, 0) is 55.6 Å². The number of nitrogens with zero attached hydrogens (tertiary/aromatic N) is 2. The summed E-state index contributed by atoms with van der Waals surface area (Å²) in [6.45, 7) is 0.461. The van der Waals surface area contributed by atoms with Crippen molar-refractivity contribution < 1.29 is 32.3 Å². The van der Waals surface area contributed by atoms with Gasteiger partial charge in [0.1, 0.15) is 0 Å². The number of hydrogen-bond donors (Lipinski definition) is 3. The Morgan fingerprint density at radius 1 is 1.00 bits per heavy atom. The molecule has 0 aliphatic carbocycles. The van der Waals surface area contributed by atoms with E-state index in [1.807, 2.05) is 74.8 Å². The van der Waals surface area contributed by atoms with Crippen molar-refractivity contribution in [1.82, 2.24) is 20.2 Å². The Bertz CT molecular complexity index is 1580. The number of pyridine rings is 1. The number of likely N-dealkylation sites (N-methyl/N-ethyl adjacent to an activating group) is 1. The van der Waals surface area contributed by atoms with Crippen LogP contribution in [0.4, 0.5) is 13.2 Å². The van der Waals surface area contributed by atoms with Gasteiger partial charge >= 0.3 is 12.1 Å². The van der Waals surface area contributed by atoms with Gasteiger partial charge in [-0.25, -0.2) is 4.79 Å². The first-order chi connectivity index (χ1) is 19.5. The highest BCUT2D eigenvalue weighted by molar-refractivity contribution is 5.96. The molecule has 5 aromatic rings. The van der Waals surface area contributed by atoms with Crippen LogP contribution in [-0.2, 0) is 4.79 Å². The smallest absolute Gasteiger partial charge is 0.475 e. The zero-order valence-electron chi connectivity index (χ0n) is 22.1. The van der Waals surface area contributed by atoms with E-state index in [1.54, 1.807) is 18.5 Å². The maximum atomic E-state index is 13.2. The van der Waals surface area contributed by atoms with Crippen LogP contribution in [0.25, 0.3) is 33.5 Å². The molecule has 0 aliphatic rings. The Labute approximate surface area is 233 Å². The molecule has 0 aliphatic heterocycles. The SMILES string of the molecule is CN(C)C(CNC(=O)c1cc(-c2ccncc2)c(-c2cc3ccccc3[nH]2)o1)c1ccccc1.O=C(O)C(F)(F)F. The molecule has 212 valence electrons. The number of alkyl halides is 3. The number of carbonyl (C=O) groups is 2. The van der Waals surface area contributed by atoms with E-state index in [9.17, 15) is 18.0 Å². The fourth-order valence-corrected chi connectivity index (χ4v) is 4.19. The molecular weight excluding hydrogens is 537 g/mol. The van der Waals surface area contributed by atoms with Crippen LogP contribution >= 0.6 is 0 Å². The first-order valence-electron chi connectivity index (χ1n) is 12.5. The van der Waals surface area contributed by atoms with Gasteiger partial charge in [0.2, 0.25) is 0 Å². The third-order valence-electron chi connectivity index (χ3n) is 6.23. The van der Waals surface area contributed by atoms with Crippen LogP contribution < -0.4 is 5.32 Å². The van der Waals surface area contributed by atoms with Gasteiger partial charge in [0.25, 0.3) is 5.91 Å². The molecule has 3 N–H and O–H groups in total. The monoisotopic (exact) mass is 564 g/mol. The summed E-state index contributed by atoms with van der Waals surface area (Å²) in [6, 6.07) is 25.9. The molecule has 3 heterocycles. The van der Waals surface area contributed by atoms with Gasteiger partial charge in [0, 0.05) is 35.4 Å². The molecule has 0 fully saturated rings. The van der Waals surface area contributed by atoms with Gasteiger partial charge in [-0.1, -0.05) is 48.5 Å². The first kappa shape index (κ1) is 29.1. The zero-order chi connectivity index (χ0) is 29.6. The van der Waals surface area contributed by atoms with E-state index < -0.39 is 12.1 Å². The lowest BCUT2D eigenvalue weighted by atomic mass is 10.1. The topological polar surface area (TPSA) is 111 Å². The van der Waals surface area contributed by atoms with Gasteiger partial charge in [-0.2, -0.15) is 13.2 Å². The second-order valence-electron chi connectivity index (χ2n) is 9.26. The van der Waals surface area contributed by atoms with E-state index in [0.29, 0.717) is 12.3 Å². The summed E-state index contributed by atoms with van der Waals surface area (Å²) in [5.74, 6) is -2.11. The number of benzene rings is 2. The average molecular weight is 565 g/mol. The molecule has 41 heavy (non-hydrogen) atoms. The number of nitrogens with one attached hydrogen (secondary N) is 2. The molecule has 1 unspecified atom stereocenters. The summed E-state index contributed by atoms with van der Waals surface area (Å²) < 4.78 is 37.9. The number of carbonyl (C=O) groups excluding carboxylic acids is 1. The molecule has 1 atom stereocenters. The number of aromatic nitrogens is 2. The van der Waals surface area contributed by atoms with Crippen molar-refractivity contribution in [2.24, 2.45) is 0 Å². The van der Waals surface area contributed by atoms with Crippen molar-refractivity contribution in [2.75, 3.05) is 20.6 Å². The van der Waals surface area contributed by atoms with E-state index in [-0.39, 0.29) is 17.7 Å². The van der Waals surface area contributed by atoms with Crippen LogP contribution in [0, 0.1) is 0 Å². The lowest BCUT2D eigenvalue weighted by molar-refractivity contribution is -0.192. The van der Waals surface area contributed by atoms with Gasteiger partial charge in [-0.15, -0.1) is 0 Å². The van der Waals surface area contributed by atoms with Crippen molar-refractivity contribution in [3.63, 3.8) is 0 Å². The molecule has 8 nitrogen and oxygen atoms in total. The number of aromatic amines is 1. The number of amides is 1. The van der Waals surface area contributed by atoms with Crippen molar-refractivity contribution >= 4 is 22.8 Å². The van der Waals surface area contributed by atoms with Crippen LogP contribution in [0.15, 0.2) is 95.7 Å². The standard InChI is InChI=1S/C28H26N4O2.C2HF3O2/c1-32(2)25(20-8-4-3-5-9-20)18-30-28(33)26-17-22(19-12-14-29-15-13-19)27(34-26)24-16-21-10-6-7-11-23(21)31-24;3-2(4,5)1(6)7/h3-17,25,31H,18H2,1-2H3,(H,30,33);(H,6,7). The molecule has 0 radical (unpaired) electrons. The van der Waals surface area contributed by atoms with Gasteiger partial charge in [0.05, 0.1) is 11.7 Å². The van der Waals surface area contributed by atoms with Crippen LogP contribution in [0.5, 0.6) is 0 Å². The van der Waals surface area contributed by atoms with Crippen molar-refractivity contribution in [3.8, 4) is 22.6 Å². The Hall–Kier alpha value is -4.90. The number of aliphatic carboxylic acids is 1. The Balaban J connectivity index is 0.000000493. The number of halogens is 3. The van der Waals surface area contributed by atoms with E-state index in [1.165, 1.54) is 0 Å². The molecular formula is C30H27F3N4O4. The second kappa shape index (κ2) is 12.5. The first-order valence-corrected chi connectivity index (χ1v) is 12.5. The van der Waals surface area contributed by atoms with E-state index in [4.69, 9.17) is 14.3 Å². The minimum absolute atomic E-state index is 0.0490. The van der Waals surface area contributed by atoms with E-state index in [0.717, 1.165) is 33.3 Å². The lowest BCUT2D eigenvalue weighted by Gasteiger charge is -2.24. The molecule has 11 heteroatoms. The van der Waals surface area contributed by atoms with Crippen molar-refractivity contribution in [3.05, 3.63) is 103 Å². The number of carboxylic acids is 1. The predicted octanol–water partition coefficient (Wildman–Crippen LogP) is 6.16. The van der Waals surface area contributed by atoms with Crippen LogP contribution in [0.3, 0.4) is 0 Å². The number of fused-ring (bicyclic) bond motifs is 1. The lowest BCUT2D eigenvalue weighted by Crippen LogP contribution is -2.34. The summed E-state index contributed by atoms with van der Waals surface area (Å²) in [7, 11) is 4.01. The highest BCUT2D eigenvalue weighted by atomic mass is 19.4. The van der Waals surface area contributed by atoms with Crippen LogP contribution in [0.1, 0.15) is 22.2 Å². The van der Waals surface area contributed by atoms with Crippen molar-refractivity contribution in [1.29, 1.82) is 0 Å². The highest BCUT2D eigenvalue weighted by Gasteiger charge is 2.38. The van der Waals surface area contributed by atoms with Gasteiger partial charge < -0.3 is 24.7 Å². The summed E-state index contributed by atoms with van der Waals surface area (Å²) >= 11 is 0. The molecule has 0 saturated heterocycles. The molecule has 0 spiro atoms. The quantitative estimate of drug-likeness (QED) is 0.219. The number of rotatable bonds is 7. The third-order valence-corrected chi connectivity index (χ3v) is 6.23. The minimum atomic E-state index is -5.08. The number of hydrogen-bond acceptors (Lipinski definition) is 5. The Morgan fingerprint density at radius 2 is 1.63 bits per heavy atom. The van der Waals surface area contributed by atoms with Gasteiger partial charge in [0.15, 0.2) is 11.5 Å². The number of para-hydroxylation sites is 1. The Morgan fingerprint density at radius 3 is 2.24 bits per heavy atom. The molecule has 3 aromatic heterocycles. The van der Waals surface area contributed by atoms with E-state index >= 15 is 0 Å². The van der Waals surface area contributed by atoms with Crippen LogP contribution in [-0.4, -0.2) is 58.7 Å². The number of H-pyrrole nitrogens is 1. The maximum Gasteiger partial charge on any atom is 0.490 e. The van der Waals surface area contributed by atoms with Crippen molar-refractivity contribution in [2.45, 2.75) is 12.2 Å². The fourth-order valence-electron chi connectivity index (χ4n) is 4.19. The molecule has 5 rings (SSSR count). The molecule has 2 aromatic carbocycles. The predicted molar refractivity (Wildman–Crippen MR) is 148 cm³/mol.